The molecule has 2 aliphatic heterocycles. The molecule has 0 bridgehead atoms. The maximum absolute atomic E-state index is 12.7. The van der Waals surface area contributed by atoms with Crippen LogP contribution in [0.5, 0.6) is 0 Å². The third kappa shape index (κ3) is 4.51. The second-order valence-electron chi connectivity index (χ2n) is 8.13. The number of rotatable bonds is 4. The van der Waals surface area contributed by atoms with Crippen molar-refractivity contribution in [1.82, 2.24) is 10.2 Å². The molecule has 2 saturated heterocycles. The lowest BCUT2D eigenvalue weighted by molar-refractivity contribution is -0.714. The predicted molar refractivity (Wildman–Crippen MR) is 101 cm³/mol. The number of piperidine rings is 1. The number of quaternary nitrogens is 1. The van der Waals surface area contributed by atoms with Crippen molar-refractivity contribution >= 4 is 23.6 Å². The lowest BCUT2D eigenvalue weighted by Crippen LogP contribution is -3.00. The fourth-order valence-corrected chi connectivity index (χ4v) is 5.84. The van der Waals surface area contributed by atoms with E-state index in [2.05, 4.69) is 29.4 Å². The number of amides is 2. The molecule has 1 saturated carbocycles. The van der Waals surface area contributed by atoms with Crippen molar-refractivity contribution in [2.45, 2.75) is 82.2 Å². The molecule has 0 aromatic carbocycles. The number of nitrogens with two attached hydrogens (primary N) is 1. The summed E-state index contributed by atoms with van der Waals surface area (Å²) in [6.45, 7) is 5.88. The van der Waals surface area contributed by atoms with Gasteiger partial charge in [-0.05, 0) is 26.2 Å². The molecule has 3 aliphatic rings. The molecular weight excluding hydrogens is 334 g/mol. The monoisotopic (exact) mass is 368 g/mol. The van der Waals surface area contributed by atoms with Crippen molar-refractivity contribution in [1.29, 1.82) is 0 Å². The molecule has 3 N–H and O–H groups in total. The number of thioether (sulfide) groups is 1. The van der Waals surface area contributed by atoms with Gasteiger partial charge in [0.05, 0.1) is 5.75 Å². The molecule has 0 unspecified atom stereocenters. The number of hydrogen-bond acceptors (Lipinski definition) is 3. The fourth-order valence-electron chi connectivity index (χ4n) is 4.35. The van der Waals surface area contributed by atoms with Gasteiger partial charge in [-0.25, -0.2) is 0 Å². The van der Waals surface area contributed by atoms with E-state index >= 15 is 0 Å². The van der Waals surface area contributed by atoms with Crippen molar-refractivity contribution in [2.75, 3.05) is 18.8 Å². The number of carbonyl (C=O) groups excluding carboxylic acids is 2. The van der Waals surface area contributed by atoms with Crippen molar-refractivity contribution < 1.29 is 14.9 Å². The van der Waals surface area contributed by atoms with Gasteiger partial charge >= 0.3 is 0 Å². The average Bonchev–Trinajstić information content (AvgIpc) is 3.06. The van der Waals surface area contributed by atoms with E-state index in [4.69, 9.17) is 0 Å². The third-order valence-electron chi connectivity index (χ3n) is 6.27. The van der Waals surface area contributed by atoms with Gasteiger partial charge in [0.25, 0.3) is 5.91 Å². The summed E-state index contributed by atoms with van der Waals surface area (Å²) in [5.41, 5.74) is 0. The molecule has 25 heavy (non-hydrogen) atoms. The smallest absolute Gasteiger partial charge is 0.279 e. The van der Waals surface area contributed by atoms with Crippen LogP contribution < -0.4 is 10.6 Å². The highest BCUT2D eigenvalue weighted by Gasteiger charge is 2.49. The summed E-state index contributed by atoms with van der Waals surface area (Å²) in [6, 6.07) is 0.275. The van der Waals surface area contributed by atoms with Crippen molar-refractivity contribution in [3.8, 4) is 0 Å². The minimum atomic E-state index is 0.0274. The third-order valence-corrected chi connectivity index (χ3v) is 7.91. The summed E-state index contributed by atoms with van der Waals surface area (Å²) in [5, 5.41) is 5.40. The molecule has 1 spiro atoms. The van der Waals surface area contributed by atoms with Gasteiger partial charge in [-0.2, -0.15) is 0 Å². The van der Waals surface area contributed by atoms with Crippen molar-refractivity contribution in [3.05, 3.63) is 0 Å². The van der Waals surface area contributed by atoms with Crippen LogP contribution in [0.2, 0.25) is 0 Å². The number of hydrogen-bond donors (Lipinski definition) is 2. The molecule has 3 fully saturated rings. The molecule has 0 aromatic heterocycles. The Kier molecular flexibility index (Phi) is 6.31. The molecule has 2 amide bonds. The Balaban J connectivity index is 1.48. The van der Waals surface area contributed by atoms with E-state index in [1.54, 1.807) is 0 Å². The van der Waals surface area contributed by atoms with Gasteiger partial charge in [-0.1, -0.05) is 37.9 Å². The largest absolute Gasteiger partial charge is 0.348 e. The molecule has 5 nitrogen and oxygen atoms in total. The van der Waals surface area contributed by atoms with E-state index in [-0.39, 0.29) is 28.8 Å². The highest BCUT2D eigenvalue weighted by Crippen LogP contribution is 2.35. The first-order chi connectivity index (χ1) is 12.0. The summed E-state index contributed by atoms with van der Waals surface area (Å²) in [5.74, 6) is 1.74. The number of carbonyl (C=O) groups is 2. The number of nitrogens with zero attached hydrogens (tertiary/aromatic N) is 1. The predicted octanol–water partition coefficient (Wildman–Crippen LogP) is 1.48. The molecule has 2 heterocycles. The second kappa shape index (κ2) is 8.30. The lowest BCUT2D eigenvalue weighted by Gasteiger charge is -2.38. The Hall–Kier alpha value is -0.750. The molecule has 0 radical (unpaired) electrons. The zero-order chi connectivity index (χ0) is 17.9. The van der Waals surface area contributed by atoms with E-state index in [1.165, 1.54) is 19.3 Å². The Morgan fingerprint density at radius 3 is 2.56 bits per heavy atom. The highest BCUT2D eigenvalue weighted by atomic mass is 32.2. The van der Waals surface area contributed by atoms with Crippen LogP contribution in [0.1, 0.15) is 65.2 Å². The Bertz CT molecular complexity index is 485. The van der Waals surface area contributed by atoms with Gasteiger partial charge in [0, 0.05) is 37.9 Å². The summed E-state index contributed by atoms with van der Waals surface area (Å²) >= 11 is 1.93. The Morgan fingerprint density at radius 2 is 1.92 bits per heavy atom. The van der Waals surface area contributed by atoms with Crippen LogP contribution in [0.15, 0.2) is 0 Å². The van der Waals surface area contributed by atoms with E-state index in [0.717, 1.165) is 50.9 Å². The molecule has 3 rings (SSSR count). The first kappa shape index (κ1) is 19.0. The molecule has 142 valence electrons. The Morgan fingerprint density at radius 1 is 1.24 bits per heavy atom. The lowest BCUT2D eigenvalue weighted by atomic mass is 9.87. The quantitative estimate of drug-likeness (QED) is 0.790. The highest BCUT2D eigenvalue weighted by molar-refractivity contribution is 8.00. The van der Waals surface area contributed by atoms with Crippen LogP contribution in [-0.4, -0.2) is 52.5 Å². The van der Waals surface area contributed by atoms with Gasteiger partial charge in [-0.15, -0.1) is 0 Å². The van der Waals surface area contributed by atoms with Crippen LogP contribution in [0.25, 0.3) is 0 Å². The summed E-state index contributed by atoms with van der Waals surface area (Å²) in [7, 11) is 0. The van der Waals surface area contributed by atoms with Crippen molar-refractivity contribution in [2.24, 2.45) is 5.92 Å². The minimum Gasteiger partial charge on any atom is -0.348 e. The van der Waals surface area contributed by atoms with Crippen LogP contribution in [-0.2, 0) is 9.59 Å². The van der Waals surface area contributed by atoms with E-state index in [9.17, 15) is 9.59 Å². The summed E-state index contributed by atoms with van der Waals surface area (Å²) < 4.78 is 0. The minimum absolute atomic E-state index is 0.0274. The maximum atomic E-state index is 12.7. The summed E-state index contributed by atoms with van der Waals surface area (Å²) in [4.78, 5) is 27.3. The first-order valence-corrected chi connectivity index (χ1v) is 11.1. The molecular formula is C19H34N3O2S+. The molecule has 6 heteroatoms. The van der Waals surface area contributed by atoms with Gasteiger partial charge in [0.15, 0.2) is 6.04 Å². The molecule has 2 atom stereocenters. The van der Waals surface area contributed by atoms with Crippen LogP contribution in [0.3, 0.4) is 0 Å². The zero-order valence-electron chi connectivity index (χ0n) is 15.8. The number of likely N-dealkylation sites (tertiary alicyclic amines) is 1. The normalized spacial score (nSPS) is 28.1. The van der Waals surface area contributed by atoms with Gasteiger partial charge < -0.3 is 15.5 Å². The number of nitrogens with one attached hydrogen (secondary N) is 1. The van der Waals surface area contributed by atoms with E-state index in [0.29, 0.717) is 5.91 Å². The molecule has 0 aromatic rings. The van der Waals surface area contributed by atoms with Gasteiger partial charge in [0.1, 0.15) is 4.87 Å². The SMILES string of the molecule is CC[C@H](C)NC(=O)[C@H]1CSC2(CCN(C(=O)C3CCCCC3)CC2)[NH2+]1. The fraction of sp³-hybridized carbons (Fsp3) is 0.895. The first-order valence-electron chi connectivity index (χ1n) is 10.1. The second-order valence-corrected chi connectivity index (χ2v) is 9.56. The topological polar surface area (TPSA) is 66.0 Å². The maximum Gasteiger partial charge on any atom is 0.279 e. The average molecular weight is 369 g/mol. The zero-order valence-corrected chi connectivity index (χ0v) is 16.6. The summed E-state index contributed by atoms with van der Waals surface area (Å²) in [6.07, 6.45) is 8.86. The van der Waals surface area contributed by atoms with Crippen LogP contribution >= 0.6 is 11.8 Å². The molecule has 1 aliphatic carbocycles. The van der Waals surface area contributed by atoms with Gasteiger partial charge in [-0.3, -0.25) is 9.59 Å². The Labute approximate surface area is 156 Å². The standard InChI is InChI=1S/C19H33N3O2S/c1-3-14(2)20-17(23)16-13-25-19(21-16)9-11-22(12-10-19)18(24)15-7-5-4-6-8-15/h14-16,21H,3-13H2,1-2H3,(H,20,23)/p+1/t14-,16+/m0/s1. The van der Waals surface area contributed by atoms with Crippen LogP contribution in [0, 0.1) is 5.92 Å². The van der Waals surface area contributed by atoms with E-state index in [1.807, 2.05) is 11.8 Å². The van der Waals surface area contributed by atoms with E-state index < -0.39 is 0 Å². The van der Waals surface area contributed by atoms with Gasteiger partial charge in [0.2, 0.25) is 5.91 Å². The van der Waals surface area contributed by atoms with Crippen LogP contribution in [0.4, 0.5) is 0 Å². The van der Waals surface area contributed by atoms with Crippen molar-refractivity contribution in [3.63, 3.8) is 0 Å².